The molecule has 1 amide bonds. The number of hydrogen-bond acceptors (Lipinski definition) is 3. The zero-order valence-corrected chi connectivity index (χ0v) is 19.2. The number of nitrogens with zero attached hydrogens (tertiary/aromatic N) is 2. The third-order valence-corrected chi connectivity index (χ3v) is 5.93. The Balaban J connectivity index is 1.26. The summed E-state index contributed by atoms with van der Waals surface area (Å²) < 4.78 is 20.8. The molecule has 0 unspecified atom stereocenters. The predicted molar refractivity (Wildman–Crippen MR) is 129 cm³/mol. The monoisotopic (exact) mass is 494 g/mol. The summed E-state index contributed by atoms with van der Waals surface area (Å²) >= 11 is 3.42. The standard InChI is InChI=1S/C26H24BrFN2O2/c27-22-10-5-21(6-11-22)19-32-23-12-7-20(8-13-23)9-14-26(31)30-17-15-29(16-18-30)25-4-2-1-3-24(25)28/h1-14H,15-19H2. The lowest BCUT2D eigenvalue weighted by molar-refractivity contribution is -0.126. The first-order chi connectivity index (χ1) is 15.6. The lowest BCUT2D eigenvalue weighted by atomic mass is 10.2. The molecule has 0 aromatic heterocycles. The van der Waals surface area contributed by atoms with Crippen LogP contribution in [-0.4, -0.2) is 37.0 Å². The van der Waals surface area contributed by atoms with E-state index in [-0.39, 0.29) is 11.7 Å². The minimum absolute atomic E-state index is 0.0336. The van der Waals surface area contributed by atoms with E-state index in [2.05, 4.69) is 15.9 Å². The van der Waals surface area contributed by atoms with Crippen LogP contribution in [0.3, 0.4) is 0 Å². The summed E-state index contributed by atoms with van der Waals surface area (Å²) in [6, 6.07) is 22.4. The van der Waals surface area contributed by atoms with Gasteiger partial charge in [0, 0.05) is 36.7 Å². The van der Waals surface area contributed by atoms with Gasteiger partial charge in [0.2, 0.25) is 5.91 Å². The summed E-state index contributed by atoms with van der Waals surface area (Å²) in [7, 11) is 0. The second kappa shape index (κ2) is 10.5. The first kappa shape index (κ1) is 22.1. The fraction of sp³-hybridized carbons (Fsp3) is 0.192. The van der Waals surface area contributed by atoms with E-state index in [1.807, 2.05) is 65.6 Å². The molecule has 4 rings (SSSR count). The Labute approximate surface area is 196 Å². The molecule has 0 saturated carbocycles. The van der Waals surface area contributed by atoms with Gasteiger partial charge in [-0.3, -0.25) is 4.79 Å². The van der Waals surface area contributed by atoms with Gasteiger partial charge in [0.15, 0.2) is 0 Å². The van der Waals surface area contributed by atoms with E-state index in [0.717, 1.165) is 21.3 Å². The van der Waals surface area contributed by atoms with Gasteiger partial charge in [-0.1, -0.05) is 52.3 Å². The SMILES string of the molecule is O=C(C=Cc1ccc(OCc2ccc(Br)cc2)cc1)N1CCN(c2ccccc2F)CC1. The normalized spacial score (nSPS) is 14.1. The van der Waals surface area contributed by atoms with Crippen LogP contribution in [0.4, 0.5) is 10.1 Å². The van der Waals surface area contributed by atoms with Gasteiger partial charge in [0.25, 0.3) is 0 Å². The van der Waals surface area contributed by atoms with Crippen molar-refractivity contribution in [3.05, 3.63) is 100 Å². The number of benzene rings is 3. The van der Waals surface area contributed by atoms with Gasteiger partial charge in [-0.15, -0.1) is 0 Å². The molecular formula is C26H24BrFN2O2. The maximum Gasteiger partial charge on any atom is 0.246 e. The molecule has 0 spiro atoms. The maximum atomic E-state index is 14.0. The van der Waals surface area contributed by atoms with Gasteiger partial charge >= 0.3 is 0 Å². The Morgan fingerprint density at radius 1 is 0.938 bits per heavy atom. The van der Waals surface area contributed by atoms with Gasteiger partial charge in [-0.25, -0.2) is 4.39 Å². The topological polar surface area (TPSA) is 32.8 Å². The molecule has 0 N–H and O–H groups in total. The summed E-state index contributed by atoms with van der Waals surface area (Å²) in [5, 5.41) is 0. The molecular weight excluding hydrogens is 471 g/mol. The maximum absolute atomic E-state index is 14.0. The first-order valence-corrected chi connectivity index (χ1v) is 11.3. The quantitative estimate of drug-likeness (QED) is 0.422. The van der Waals surface area contributed by atoms with Gasteiger partial charge in [-0.05, 0) is 53.6 Å². The average Bonchev–Trinajstić information content (AvgIpc) is 2.83. The van der Waals surface area contributed by atoms with Crippen LogP contribution < -0.4 is 9.64 Å². The van der Waals surface area contributed by atoms with Crippen LogP contribution in [-0.2, 0) is 11.4 Å². The lowest BCUT2D eigenvalue weighted by Crippen LogP contribution is -2.48. The highest BCUT2D eigenvalue weighted by atomic mass is 79.9. The van der Waals surface area contributed by atoms with Crippen LogP contribution in [0.15, 0.2) is 83.3 Å². The van der Waals surface area contributed by atoms with Crippen LogP contribution >= 0.6 is 15.9 Å². The summed E-state index contributed by atoms with van der Waals surface area (Å²) in [4.78, 5) is 16.3. The number of amides is 1. The fourth-order valence-electron chi connectivity index (χ4n) is 3.57. The molecule has 1 fully saturated rings. The van der Waals surface area contributed by atoms with Crippen molar-refractivity contribution >= 4 is 33.6 Å². The van der Waals surface area contributed by atoms with E-state index in [1.165, 1.54) is 6.07 Å². The minimum atomic E-state index is -0.226. The highest BCUT2D eigenvalue weighted by Gasteiger charge is 2.21. The number of piperazine rings is 1. The van der Waals surface area contributed by atoms with Crippen molar-refractivity contribution in [1.82, 2.24) is 4.90 Å². The van der Waals surface area contributed by atoms with Crippen LogP contribution in [0, 0.1) is 5.82 Å². The Bertz CT molecular complexity index is 1080. The highest BCUT2D eigenvalue weighted by molar-refractivity contribution is 9.10. The molecule has 1 saturated heterocycles. The van der Waals surface area contributed by atoms with Gasteiger partial charge in [0.05, 0.1) is 5.69 Å². The average molecular weight is 495 g/mol. The molecule has 1 heterocycles. The molecule has 164 valence electrons. The molecule has 1 aliphatic rings. The van der Waals surface area contributed by atoms with Gasteiger partial charge in [0.1, 0.15) is 18.2 Å². The summed E-state index contributed by atoms with van der Waals surface area (Å²) in [5.41, 5.74) is 2.62. The molecule has 6 heteroatoms. The molecule has 0 radical (unpaired) electrons. The van der Waals surface area contributed by atoms with Crippen molar-refractivity contribution in [1.29, 1.82) is 0 Å². The Hall–Kier alpha value is -3.12. The predicted octanol–water partition coefficient (Wildman–Crippen LogP) is 5.53. The van der Waals surface area contributed by atoms with E-state index < -0.39 is 0 Å². The Kier molecular flexibility index (Phi) is 7.22. The van der Waals surface area contributed by atoms with E-state index in [4.69, 9.17) is 4.74 Å². The second-order valence-electron chi connectivity index (χ2n) is 7.58. The molecule has 0 bridgehead atoms. The van der Waals surface area contributed by atoms with E-state index >= 15 is 0 Å². The number of halogens is 2. The summed E-state index contributed by atoms with van der Waals surface area (Å²) in [6.07, 6.45) is 3.40. The zero-order chi connectivity index (χ0) is 22.3. The summed E-state index contributed by atoms with van der Waals surface area (Å²) in [6.45, 7) is 2.87. The lowest BCUT2D eigenvalue weighted by Gasteiger charge is -2.35. The van der Waals surface area contributed by atoms with Gasteiger partial charge in [-0.2, -0.15) is 0 Å². The third-order valence-electron chi connectivity index (χ3n) is 5.40. The number of para-hydroxylation sites is 1. The molecule has 32 heavy (non-hydrogen) atoms. The Morgan fingerprint density at radius 2 is 1.62 bits per heavy atom. The van der Waals surface area contributed by atoms with Crippen LogP contribution in [0.25, 0.3) is 6.08 Å². The molecule has 3 aromatic rings. The first-order valence-electron chi connectivity index (χ1n) is 10.5. The number of carbonyl (C=O) groups is 1. The van der Waals surface area contributed by atoms with Crippen LogP contribution in [0.5, 0.6) is 5.75 Å². The van der Waals surface area contributed by atoms with E-state index in [1.54, 1.807) is 23.1 Å². The van der Waals surface area contributed by atoms with Crippen molar-refractivity contribution in [2.24, 2.45) is 0 Å². The van der Waals surface area contributed by atoms with Crippen LogP contribution in [0.2, 0.25) is 0 Å². The number of ether oxygens (including phenoxy) is 1. The van der Waals surface area contributed by atoms with Crippen molar-refractivity contribution in [3.63, 3.8) is 0 Å². The zero-order valence-electron chi connectivity index (χ0n) is 17.6. The van der Waals surface area contributed by atoms with Crippen LogP contribution in [0.1, 0.15) is 11.1 Å². The van der Waals surface area contributed by atoms with Crippen molar-refractivity contribution in [2.75, 3.05) is 31.1 Å². The van der Waals surface area contributed by atoms with E-state index in [0.29, 0.717) is 38.5 Å². The number of carbonyl (C=O) groups excluding carboxylic acids is 1. The largest absolute Gasteiger partial charge is 0.489 e. The van der Waals surface area contributed by atoms with Crippen molar-refractivity contribution in [3.8, 4) is 5.75 Å². The van der Waals surface area contributed by atoms with Gasteiger partial charge < -0.3 is 14.5 Å². The smallest absolute Gasteiger partial charge is 0.246 e. The second-order valence-corrected chi connectivity index (χ2v) is 8.50. The number of hydrogen-bond donors (Lipinski definition) is 0. The molecule has 0 atom stereocenters. The Morgan fingerprint density at radius 3 is 2.31 bits per heavy atom. The molecule has 4 nitrogen and oxygen atoms in total. The minimum Gasteiger partial charge on any atom is -0.489 e. The van der Waals surface area contributed by atoms with Crippen molar-refractivity contribution < 1.29 is 13.9 Å². The number of rotatable bonds is 6. The van der Waals surface area contributed by atoms with E-state index in [9.17, 15) is 9.18 Å². The summed E-state index contributed by atoms with van der Waals surface area (Å²) in [5.74, 6) is 0.519. The third kappa shape index (κ3) is 5.77. The molecule has 1 aliphatic heterocycles. The molecule has 0 aliphatic carbocycles. The fourth-order valence-corrected chi connectivity index (χ4v) is 3.84. The number of anilines is 1. The molecule has 3 aromatic carbocycles. The van der Waals surface area contributed by atoms with Crippen molar-refractivity contribution in [2.45, 2.75) is 6.61 Å². The highest BCUT2D eigenvalue weighted by Crippen LogP contribution is 2.20.